The van der Waals surface area contributed by atoms with Crippen LogP contribution in [0.1, 0.15) is 45.4 Å². The Labute approximate surface area is 175 Å². The SMILES string of the molecule is O=C(O)c1ccc(C=Nc2ccc([C@@H]3Nc4ccccc4[C@H]4C=CC[C@@H]43)cc2)cc1. The van der Waals surface area contributed by atoms with Crippen LogP contribution in [-0.2, 0) is 0 Å². The molecule has 2 N–H and O–H groups in total. The molecule has 5 rings (SSSR count). The number of carboxylic acid groups (broad SMARTS) is 1. The summed E-state index contributed by atoms with van der Waals surface area (Å²) in [4.78, 5) is 15.5. The Kier molecular flexibility index (Phi) is 4.68. The van der Waals surface area contributed by atoms with E-state index in [-0.39, 0.29) is 11.6 Å². The fourth-order valence-corrected chi connectivity index (χ4v) is 4.50. The first-order valence-corrected chi connectivity index (χ1v) is 10.2. The van der Waals surface area contributed by atoms with Gasteiger partial charge in [0.1, 0.15) is 0 Å². The minimum Gasteiger partial charge on any atom is -0.478 e. The van der Waals surface area contributed by atoms with Crippen LogP contribution in [0.4, 0.5) is 11.4 Å². The van der Waals surface area contributed by atoms with Crippen molar-refractivity contribution in [3.8, 4) is 0 Å². The molecule has 0 fully saturated rings. The number of nitrogens with zero attached hydrogens (tertiary/aromatic N) is 1. The summed E-state index contributed by atoms with van der Waals surface area (Å²) >= 11 is 0. The number of aliphatic imine (C=N–C) groups is 1. The number of carboxylic acids is 1. The third-order valence-corrected chi connectivity index (χ3v) is 6.04. The molecule has 0 saturated carbocycles. The van der Waals surface area contributed by atoms with Crippen LogP contribution in [0.2, 0.25) is 0 Å². The maximum Gasteiger partial charge on any atom is 0.335 e. The van der Waals surface area contributed by atoms with Crippen LogP contribution in [0.25, 0.3) is 0 Å². The number of carbonyl (C=O) groups is 1. The van der Waals surface area contributed by atoms with E-state index < -0.39 is 5.97 Å². The van der Waals surface area contributed by atoms with Gasteiger partial charge in [-0.15, -0.1) is 0 Å². The van der Waals surface area contributed by atoms with E-state index in [4.69, 9.17) is 5.11 Å². The lowest BCUT2D eigenvalue weighted by atomic mass is 9.77. The smallest absolute Gasteiger partial charge is 0.335 e. The van der Waals surface area contributed by atoms with E-state index in [9.17, 15) is 4.79 Å². The summed E-state index contributed by atoms with van der Waals surface area (Å²) in [5.41, 5.74) is 5.91. The van der Waals surface area contributed by atoms with E-state index in [1.807, 2.05) is 12.1 Å². The molecule has 3 aromatic rings. The molecular weight excluding hydrogens is 372 g/mol. The highest BCUT2D eigenvalue weighted by Gasteiger charge is 2.37. The fraction of sp³-hybridized carbons (Fsp3) is 0.154. The van der Waals surface area contributed by atoms with Gasteiger partial charge in [-0.2, -0.15) is 0 Å². The van der Waals surface area contributed by atoms with Crippen LogP contribution < -0.4 is 5.32 Å². The number of benzene rings is 3. The number of hydrogen-bond donors (Lipinski definition) is 2. The maximum atomic E-state index is 10.9. The van der Waals surface area contributed by atoms with E-state index >= 15 is 0 Å². The van der Waals surface area contributed by atoms with Crippen molar-refractivity contribution < 1.29 is 9.90 Å². The van der Waals surface area contributed by atoms with Crippen LogP contribution >= 0.6 is 0 Å². The minimum absolute atomic E-state index is 0.276. The molecule has 0 bridgehead atoms. The normalized spacial score (nSPS) is 21.8. The van der Waals surface area contributed by atoms with Gasteiger partial charge >= 0.3 is 5.97 Å². The molecule has 3 aromatic carbocycles. The molecule has 3 atom stereocenters. The Bertz CT molecular complexity index is 1130. The van der Waals surface area contributed by atoms with Crippen molar-refractivity contribution in [2.45, 2.75) is 18.4 Å². The third-order valence-electron chi connectivity index (χ3n) is 6.04. The Morgan fingerprint density at radius 3 is 2.53 bits per heavy atom. The Morgan fingerprint density at radius 1 is 1.00 bits per heavy atom. The first-order chi connectivity index (χ1) is 14.7. The lowest BCUT2D eigenvalue weighted by molar-refractivity contribution is 0.0697. The van der Waals surface area contributed by atoms with Crippen molar-refractivity contribution in [2.75, 3.05) is 5.32 Å². The monoisotopic (exact) mass is 394 g/mol. The van der Waals surface area contributed by atoms with E-state index in [1.54, 1.807) is 30.5 Å². The molecule has 30 heavy (non-hydrogen) atoms. The second-order valence-electron chi connectivity index (χ2n) is 7.84. The van der Waals surface area contributed by atoms with Gasteiger partial charge in [0.05, 0.1) is 17.3 Å². The highest BCUT2D eigenvalue weighted by molar-refractivity contribution is 5.89. The van der Waals surface area contributed by atoms with Crippen molar-refractivity contribution in [1.82, 2.24) is 0 Å². The fourth-order valence-electron chi connectivity index (χ4n) is 4.50. The Morgan fingerprint density at radius 2 is 1.77 bits per heavy atom. The number of hydrogen-bond acceptors (Lipinski definition) is 3. The molecular formula is C26H22N2O2. The molecule has 1 aliphatic carbocycles. The highest BCUT2D eigenvalue weighted by Crippen LogP contribution is 2.49. The van der Waals surface area contributed by atoms with Crippen molar-refractivity contribution in [3.63, 3.8) is 0 Å². The minimum atomic E-state index is -0.923. The molecule has 0 unspecified atom stereocenters. The largest absolute Gasteiger partial charge is 0.478 e. The molecule has 0 amide bonds. The molecule has 1 heterocycles. The van der Waals surface area contributed by atoms with Crippen LogP contribution in [-0.4, -0.2) is 17.3 Å². The van der Waals surface area contributed by atoms with E-state index in [1.165, 1.54) is 16.8 Å². The summed E-state index contributed by atoms with van der Waals surface area (Å²) in [7, 11) is 0. The third kappa shape index (κ3) is 3.41. The average molecular weight is 394 g/mol. The first kappa shape index (κ1) is 18.4. The van der Waals surface area contributed by atoms with Crippen molar-refractivity contribution >= 4 is 23.6 Å². The van der Waals surface area contributed by atoms with Gasteiger partial charge in [0.25, 0.3) is 0 Å². The molecule has 4 heteroatoms. The number of anilines is 1. The van der Waals surface area contributed by atoms with Crippen molar-refractivity contribution in [3.05, 3.63) is 107 Å². The Hall–Kier alpha value is -3.66. The molecule has 1 aliphatic heterocycles. The van der Waals surface area contributed by atoms with E-state index in [0.717, 1.165) is 17.7 Å². The second-order valence-corrected chi connectivity index (χ2v) is 7.84. The summed E-state index contributed by atoms with van der Waals surface area (Å²) in [6.45, 7) is 0. The summed E-state index contributed by atoms with van der Waals surface area (Å²) in [6, 6.07) is 24.0. The van der Waals surface area contributed by atoms with Crippen LogP contribution in [0.5, 0.6) is 0 Å². The zero-order chi connectivity index (χ0) is 20.5. The number of fused-ring (bicyclic) bond motifs is 3. The average Bonchev–Trinajstić information content (AvgIpc) is 3.28. The summed E-state index contributed by atoms with van der Waals surface area (Å²) in [5, 5.41) is 12.7. The van der Waals surface area contributed by atoms with Gasteiger partial charge in [0, 0.05) is 17.8 Å². The van der Waals surface area contributed by atoms with Gasteiger partial charge in [-0.05, 0) is 59.4 Å². The van der Waals surface area contributed by atoms with Crippen LogP contribution in [0.15, 0.2) is 89.9 Å². The molecule has 0 saturated heterocycles. The molecule has 0 aromatic heterocycles. The number of para-hydroxylation sites is 1. The molecule has 148 valence electrons. The van der Waals surface area contributed by atoms with Crippen molar-refractivity contribution in [1.29, 1.82) is 0 Å². The summed E-state index contributed by atoms with van der Waals surface area (Å²) in [6.07, 6.45) is 7.50. The van der Waals surface area contributed by atoms with Gasteiger partial charge in [-0.1, -0.05) is 54.6 Å². The number of rotatable bonds is 4. The Balaban J connectivity index is 1.34. The molecule has 4 nitrogen and oxygen atoms in total. The van der Waals surface area contributed by atoms with Crippen LogP contribution in [0, 0.1) is 5.92 Å². The summed E-state index contributed by atoms with van der Waals surface area (Å²) < 4.78 is 0. The highest BCUT2D eigenvalue weighted by atomic mass is 16.4. The predicted octanol–water partition coefficient (Wildman–Crippen LogP) is 5.96. The van der Waals surface area contributed by atoms with E-state index in [0.29, 0.717) is 11.8 Å². The van der Waals surface area contributed by atoms with Crippen LogP contribution in [0.3, 0.4) is 0 Å². The molecule has 2 aliphatic rings. The number of allylic oxidation sites excluding steroid dienone is 2. The van der Waals surface area contributed by atoms with Gasteiger partial charge in [-0.3, -0.25) is 4.99 Å². The van der Waals surface area contributed by atoms with Gasteiger partial charge in [0.15, 0.2) is 0 Å². The lowest BCUT2D eigenvalue weighted by Gasteiger charge is -2.37. The maximum absolute atomic E-state index is 10.9. The zero-order valence-electron chi connectivity index (χ0n) is 16.4. The standard InChI is InChI=1S/C26H22N2O2/c29-26(30)19-10-8-17(9-11-19)16-27-20-14-12-18(13-15-20)25-23-6-3-5-21(23)22-4-1-2-7-24(22)28-25/h1-5,7-16,21,23,25,28H,6H2,(H,29,30)/t21-,23+,25+/m1/s1. The lowest BCUT2D eigenvalue weighted by Crippen LogP contribution is -2.28. The predicted molar refractivity (Wildman–Crippen MR) is 120 cm³/mol. The van der Waals surface area contributed by atoms with Gasteiger partial charge in [-0.25, -0.2) is 4.79 Å². The quantitative estimate of drug-likeness (QED) is 0.424. The van der Waals surface area contributed by atoms with Crippen molar-refractivity contribution in [2.24, 2.45) is 10.9 Å². The summed E-state index contributed by atoms with van der Waals surface area (Å²) in [5.74, 6) is 0.0775. The first-order valence-electron chi connectivity index (χ1n) is 10.2. The molecule has 0 spiro atoms. The molecule has 0 radical (unpaired) electrons. The topological polar surface area (TPSA) is 61.7 Å². The second kappa shape index (κ2) is 7.64. The number of aromatic carboxylic acids is 1. The van der Waals surface area contributed by atoms with Gasteiger partial charge < -0.3 is 10.4 Å². The number of nitrogens with one attached hydrogen (secondary N) is 1. The zero-order valence-corrected chi connectivity index (χ0v) is 16.4. The van der Waals surface area contributed by atoms with E-state index in [2.05, 4.69) is 58.9 Å². The van der Waals surface area contributed by atoms with Gasteiger partial charge in [0.2, 0.25) is 0 Å².